The second-order valence-corrected chi connectivity index (χ2v) is 4.27. The molecular formula is C11H12N2O4S. The minimum atomic E-state index is -0.242. The smallest absolute Gasteiger partial charge is 0.315 e. The number of esters is 1. The summed E-state index contributed by atoms with van der Waals surface area (Å²) in [5, 5.41) is 3.78. The molecule has 0 aliphatic carbocycles. The number of aromatic nitrogens is 2. The first-order valence-corrected chi connectivity index (χ1v) is 6.55. The van der Waals surface area contributed by atoms with Gasteiger partial charge in [-0.1, -0.05) is 5.16 Å². The summed E-state index contributed by atoms with van der Waals surface area (Å²) in [4.78, 5) is 15.3. The van der Waals surface area contributed by atoms with E-state index in [1.807, 2.05) is 0 Å². The Balaban J connectivity index is 1.82. The second-order valence-electron chi connectivity index (χ2n) is 3.29. The highest BCUT2D eigenvalue weighted by Crippen LogP contribution is 2.18. The lowest BCUT2D eigenvalue weighted by molar-refractivity contribution is -0.139. The van der Waals surface area contributed by atoms with Gasteiger partial charge in [0.2, 0.25) is 11.7 Å². The van der Waals surface area contributed by atoms with Crippen LogP contribution in [0.5, 0.6) is 0 Å². The van der Waals surface area contributed by atoms with E-state index in [0.29, 0.717) is 29.8 Å². The van der Waals surface area contributed by atoms with E-state index in [-0.39, 0.29) is 11.7 Å². The van der Waals surface area contributed by atoms with Crippen molar-refractivity contribution in [2.45, 2.75) is 12.7 Å². The first-order chi connectivity index (χ1) is 8.79. The molecule has 6 nitrogen and oxygen atoms in total. The van der Waals surface area contributed by atoms with Crippen LogP contribution in [-0.2, 0) is 15.3 Å². The van der Waals surface area contributed by atoms with Gasteiger partial charge in [-0.05, 0) is 19.1 Å². The Kier molecular flexibility index (Phi) is 4.40. The Hall–Kier alpha value is -1.76. The molecule has 2 aromatic rings. The number of ether oxygens (including phenoxy) is 1. The predicted octanol–water partition coefficient (Wildman–Crippen LogP) is 2.13. The van der Waals surface area contributed by atoms with Gasteiger partial charge in [0.15, 0.2) is 5.76 Å². The van der Waals surface area contributed by atoms with E-state index >= 15 is 0 Å². The van der Waals surface area contributed by atoms with Gasteiger partial charge in [-0.2, -0.15) is 4.98 Å². The Morgan fingerprint density at radius 1 is 1.56 bits per heavy atom. The lowest BCUT2D eigenvalue weighted by atomic mass is 10.4. The molecule has 0 aromatic carbocycles. The van der Waals surface area contributed by atoms with Crippen LogP contribution in [0.1, 0.15) is 12.8 Å². The average Bonchev–Trinajstić information content (AvgIpc) is 2.99. The lowest BCUT2D eigenvalue weighted by Gasteiger charge is -1.98. The van der Waals surface area contributed by atoms with Crippen molar-refractivity contribution < 1.29 is 18.5 Å². The summed E-state index contributed by atoms with van der Waals surface area (Å²) in [6, 6.07) is 3.50. The van der Waals surface area contributed by atoms with Gasteiger partial charge >= 0.3 is 5.97 Å². The fourth-order valence-electron chi connectivity index (χ4n) is 1.24. The van der Waals surface area contributed by atoms with E-state index < -0.39 is 0 Å². The van der Waals surface area contributed by atoms with Gasteiger partial charge in [0.1, 0.15) is 0 Å². The van der Waals surface area contributed by atoms with Gasteiger partial charge in [-0.15, -0.1) is 11.8 Å². The molecular weight excluding hydrogens is 256 g/mol. The summed E-state index contributed by atoms with van der Waals surface area (Å²) < 4.78 is 15.0. The van der Waals surface area contributed by atoms with Crippen molar-refractivity contribution in [3.05, 3.63) is 24.3 Å². The zero-order chi connectivity index (χ0) is 12.8. The fraction of sp³-hybridized carbons (Fsp3) is 0.364. The molecule has 0 amide bonds. The molecule has 0 fully saturated rings. The number of carbonyl (C=O) groups is 1. The molecule has 0 aliphatic heterocycles. The lowest BCUT2D eigenvalue weighted by Crippen LogP contribution is -2.06. The third kappa shape index (κ3) is 3.36. The Morgan fingerprint density at radius 3 is 3.17 bits per heavy atom. The summed E-state index contributed by atoms with van der Waals surface area (Å²) in [5.74, 6) is 1.91. The molecule has 0 saturated heterocycles. The number of thioether (sulfide) groups is 1. The van der Waals surface area contributed by atoms with Crippen molar-refractivity contribution >= 4 is 17.7 Å². The van der Waals surface area contributed by atoms with Crippen LogP contribution in [-0.4, -0.2) is 28.5 Å². The summed E-state index contributed by atoms with van der Waals surface area (Å²) in [6.07, 6.45) is 1.54. The third-order valence-corrected chi connectivity index (χ3v) is 2.85. The van der Waals surface area contributed by atoms with Crippen molar-refractivity contribution in [3.8, 4) is 11.6 Å². The summed E-state index contributed by atoms with van der Waals surface area (Å²) in [5.41, 5.74) is 0. The van der Waals surface area contributed by atoms with Crippen LogP contribution in [0.3, 0.4) is 0 Å². The molecule has 2 rings (SSSR count). The monoisotopic (exact) mass is 268 g/mol. The van der Waals surface area contributed by atoms with Gasteiger partial charge in [0.05, 0.1) is 24.4 Å². The normalized spacial score (nSPS) is 10.5. The molecule has 0 bridgehead atoms. The standard InChI is InChI=1S/C11H12N2O4S/c1-2-15-10(14)7-18-6-9-12-11(13-17-9)8-4-3-5-16-8/h3-5H,2,6-7H2,1H3. The second kappa shape index (κ2) is 6.25. The molecule has 0 spiro atoms. The summed E-state index contributed by atoms with van der Waals surface area (Å²) in [7, 11) is 0. The van der Waals surface area contributed by atoms with Crippen LogP contribution >= 0.6 is 11.8 Å². The molecule has 2 aromatic heterocycles. The minimum absolute atomic E-state index is 0.242. The largest absolute Gasteiger partial charge is 0.465 e. The van der Waals surface area contributed by atoms with Crippen LogP contribution in [0.4, 0.5) is 0 Å². The van der Waals surface area contributed by atoms with Gasteiger partial charge < -0.3 is 13.7 Å². The quantitative estimate of drug-likeness (QED) is 0.742. The molecule has 0 radical (unpaired) electrons. The van der Waals surface area contributed by atoms with Crippen LogP contribution < -0.4 is 0 Å². The van der Waals surface area contributed by atoms with E-state index in [1.165, 1.54) is 11.8 Å². The van der Waals surface area contributed by atoms with Gasteiger partial charge in [0.25, 0.3) is 0 Å². The van der Waals surface area contributed by atoms with Crippen molar-refractivity contribution in [2.24, 2.45) is 0 Å². The van der Waals surface area contributed by atoms with Gasteiger partial charge in [-0.25, -0.2) is 0 Å². The maximum atomic E-state index is 11.1. The first-order valence-electron chi connectivity index (χ1n) is 5.39. The number of furan rings is 1. The molecule has 0 atom stereocenters. The van der Waals surface area contributed by atoms with Crippen molar-refractivity contribution in [1.82, 2.24) is 10.1 Å². The van der Waals surface area contributed by atoms with E-state index in [1.54, 1.807) is 25.3 Å². The highest BCUT2D eigenvalue weighted by molar-refractivity contribution is 7.99. The third-order valence-electron chi connectivity index (χ3n) is 1.96. The molecule has 96 valence electrons. The number of carbonyl (C=O) groups excluding carboxylic acids is 1. The average molecular weight is 268 g/mol. The Labute approximate surface area is 108 Å². The zero-order valence-corrected chi connectivity index (χ0v) is 10.6. The van der Waals surface area contributed by atoms with Crippen molar-refractivity contribution in [3.63, 3.8) is 0 Å². The Morgan fingerprint density at radius 2 is 2.44 bits per heavy atom. The van der Waals surface area contributed by atoms with E-state index in [4.69, 9.17) is 13.7 Å². The fourth-order valence-corrected chi connectivity index (χ4v) is 1.89. The molecule has 0 N–H and O–H groups in total. The summed E-state index contributed by atoms with van der Waals surface area (Å²) >= 11 is 1.36. The maximum absolute atomic E-state index is 11.1. The summed E-state index contributed by atoms with van der Waals surface area (Å²) in [6.45, 7) is 2.17. The van der Waals surface area contributed by atoms with E-state index in [2.05, 4.69) is 10.1 Å². The first kappa shape index (κ1) is 12.7. The SMILES string of the molecule is CCOC(=O)CSCc1nc(-c2ccco2)no1. The predicted molar refractivity (Wildman–Crippen MR) is 64.8 cm³/mol. The van der Waals surface area contributed by atoms with E-state index in [9.17, 15) is 4.79 Å². The number of hydrogen-bond donors (Lipinski definition) is 0. The van der Waals surface area contributed by atoms with Crippen LogP contribution in [0.25, 0.3) is 11.6 Å². The highest BCUT2D eigenvalue weighted by Gasteiger charge is 2.11. The topological polar surface area (TPSA) is 78.4 Å². The number of rotatable bonds is 6. The zero-order valence-electron chi connectivity index (χ0n) is 9.79. The Bertz CT molecular complexity index is 495. The van der Waals surface area contributed by atoms with Gasteiger partial charge in [0, 0.05) is 0 Å². The highest BCUT2D eigenvalue weighted by atomic mass is 32.2. The maximum Gasteiger partial charge on any atom is 0.315 e. The molecule has 18 heavy (non-hydrogen) atoms. The molecule has 0 saturated carbocycles. The van der Waals surface area contributed by atoms with Crippen LogP contribution in [0.15, 0.2) is 27.3 Å². The van der Waals surface area contributed by atoms with Crippen LogP contribution in [0, 0.1) is 0 Å². The number of hydrogen-bond acceptors (Lipinski definition) is 7. The molecule has 0 aliphatic rings. The van der Waals surface area contributed by atoms with Gasteiger partial charge in [-0.3, -0.25) is 4.79 Å². The van der Waals surface area contributed by atoms with Crippen molar-refractivity contribution in [2.75, 3.05) is 12.4 Å². The molecule has 0 unspecified atom stereocenters. The van der Waals surface area contributed by atoms with Crippen LogP contribution in [0.2, 0.25) is 0 Å². The molecule has 7 heteroatoms. The number of nitrogens with zero attached hydrogens (tertiary/aromatic N) is 2. The molecule has 2 heterocycles. The van der Waals surface area contributed by atoms with E-state index in [0.717, 1.165) is 0 Å². The van der Waals surface area contributed by atoms with Crippen molar-refractivity contribution in [1.29, 1.82) is 0 Å². The minimum Gasteiger partial charge on any atom is -0.465 e.